The molecule has 96 valence electrons. The first kappa shape index (κ1) is 13.1. The summed E-state index contributed by atoms with van der Waals surface area (Å²) < 4.78 is 1.45. The van der Waals surface area contributed by atoms with Crippen LogP contribution in [0.15, 0.2) is 36.7 Å². The highest BCUT2D eigenvalue weighted by atomic mass is 35.5. The molecule has 1 aromatic carbocycles. The van der Waals surface area contributed by atoms with Gasteiger partial charge in [0.25, 0.3) is 5.69 Å². The number of nitro benzene ring substituents is 1. The Morgan fingerprint density at radius 3 is 2.95 bits per heavy atom. The smallest absolute Gasteiger partial charge is 0.258 e. The predicted molar refractivity (Wildman–Crippen MR) is 72.4 cm³/mol. The van der Waals surface area contributed by atoms with E-state index in [0.717, 1.165) is 0 Å². The molecule has 6 heteroatoms. The Morgan fingerprint density at radius 2 is 2.21 bits per heavy atom. The first-order valence-electron chi connectivity index (χ1n) is 5.55. The number of hydrogen-bond acceptors (Lipinski definition) is 3. The van der Waals surface area contributed by atoms with E-state index in [1.54, 1.807) is 30.6 Å². The molecule has 0 aliphatic carbocycles. The summed E-state index contributed by atoms with van der Waals surface area (Å²) in [5.74, 6) is 6.26. The molecule has 0 fully saturated rings. The van der Waals surface area contributed by atoms with E-state index in [9.17, 15) is 10.1 Å². The summed E-state index contributed by atoms with van der Waals surface area (Å²) in [5.41, 5.74) is 1.12. The van der Waals surface area contributed by atoms with Gasteiger partial charge in [0, 0.05) is 24.6 Å². The Hall–Kier alpha value is -2.32. The van der Waals surface area contributed by atoms with Gasteiger partial charge in [-0.2, -0.15) is 5.10 Å². The van der Waals surface area contributed by atoms with Crippen LogP contribution < -0.4 is 0 Å². The molecule has 19 heavy (non-hydrogen) atoms. The van der Waals surface area contributed by atoms with Crippen molar-refractivity contribution in [1.29, 1.82) is 0 Å². The molecule has 0 aliphatic rings. The molecule has 2 rings (SSSR count). The molecule has 0 saturated carbocycles. The van der Waals surface area contributed by atoms with Crippen molar-refractivity contribution in [3.63, 3.8) is 0 Å². The predicted octanol–water partition coefficient (Wildman–Crippen LogP) is 2.76. The summed E-state index contributed by atoms with van der Waals surface area (Å²) in [6.07, 6.45) is 3.82. The minimum absolute atomic E-state index is 0.00543. The van der Waals surface area contributed by atoms with Gasteiger partial charge in [-0.3, -0.25) is 10.1 Å². The van der Waals surface area contributed by atoms with Gasteiger partial charge < -0.3 is 0 Å². The van der Waals surface area contributed by atoms with Gasteiger partial charge in [-0.05, 0) is 6.07 Å². The van der Waals surface area contributed by atoms with Crippen LogP contribution in [0.1, 0.15) is 12.0 Å². The van der Waals surface area contributed by atoms with Crippen molar-refractivity contribution in [1.82, 2.24) is 9.78 Å². The summed E-state index contributed by atoms with van der Waals surface area (Å²) in [6.45, 7) is 0. The molecule has 0 spiro atoms. The maximum absolute atomic E-state index is 10.9. The third kappa shape index (κ3) is 3.12. The zero-order valence-corrected chi connectivity index (χ0v) is 10.7. The van der Waals surface area contributed by atoms with Crippen LogP contribution in [0.3, 0.4) is 0 Å². The lowest BCUT2D eigenvalue weighted by molar-refractivity contribution is -0.384. The van der Waals surface area contributed by atoms with Crippen molar-refractivity contribution in [3.8, 4) is 17.5 Å². The molecule has 0 amide bonds. The SMILES string of the molecule is O=[N+]([O-])c1ccccc1-n1cc(C#CCCCl)cn1. The van der Waals surface area contributed by atoms with E-state index in [2.05, 4.69) is 16.9 Å². The largest absolute Gasteiger partial charge is 0.294 e. The van der Waals surface area contributed by atoms with Crippen molar-refractivity contribution in [3.05, 3.63) is 52.3 Å². The van der Waals surface area contributed by atoms with Crippen LogP contribution in [0, 0.1) is 22.0 Å². The van der Waals surface area contributed by atoms with E-state index in [-0.39, 0.29) is 5.69 Å². The molecule has 0 aliphatic heterocycles. The second-order valence-electron chi connectivity index (χ2n) is 3.66. The highest BCUT2D eigenvalue weighted by molar-refractivity contribution is 6.18. The number of nitro groups is 1. The monoisotopic (exact) mass is 275 g/mol. The van der Waals surface area contributed by atoms with Crippen molar-refractivity contribution < 1.29 is 4.92 Å². The average Bonchev–Trinajstić information content (AvgIpc) is 2.88. The number of halogens is 1. The molecule has 0 saturated heterocycles. The van der Waals surface area contributed by atoms with Gasteiger partial charge in [0.2, 0.25) is 0 Å². The van der Waals surface area contributed by atoms with Crippen LogP contribution >= 0.6 is 11.6 Å². The fourth-order valence-corrected chi connectivity index (χ4v) is 1.64. The molecule has 5 nitrogen and oxygen atoms in total. The topological polar surface area (TPSA) is 61.0 Å². The number of benzene rings is 1. The molecule has 1 aromatic heterocycles. The summed E-state index contributed by atoms with van der Waals surface area (Å²) in [7, 11) is 0. The minimum Gasteiger partial charge on any atom is -0.258 e. The molecule has 0 bridgehead atoms. The number of aromatic nitrogens is 2. The lowest BCUT2D eigenvalue weighted by Crippen LogP contribution is -1.99. The first-order chi connectivity index (χ1) is 9.22. The van der Waals surface area contributed by atoms with Crippen LogP contribution in [-0.2, 0) is 0 Å². The second kappa shape index (κ2) is 6.03. The zero-order chi connectivity index (χ0) is 13.7. The van der Waals surface area contributed by atoms with E-state index in [1.807, 2.05) is 0 Å². The summed E-state index contributed by atoms with van der Waals surface area (Å²) in [5, 5.41) is 15.0. The Morgan fingerprint density at radius 1 is 1.42 bits per heavy atom. The third-order valence-corrected chi connectivity index (χ3v) is 2.55. The van der Waals surface area contributed by atoms with Gasteiger partial charge in [0.1, 0.15) is 5.69 Å². The minimum atomic E-state index is -0.435. The third-order valence-electron chi connectivity index (χ3n) is 2.36. The van der Waals surface area contributed by atoms with Crippen molar-refractivity contribution >= 4 is 17.3 Å². The Bertz CT molecular complexity index is 655. The summed E-state index contributed by atoms with van der Waals surface area (Å²) in [4.78, 5) is 10.5. The molecular formula is C13H10ClN3O2. The standard InChI is InChI=1S/C13H10ClN3O2/c14-8-4-3-5-11-9-15-16(10-11)12-6-1-2-7-13(12)17(18)19/h1-2,6-7,9-10H,4,8H2. The first-order valence-corrected chi connectivity index (χ1v) is 6.09. The molecular weight excluding hydrogens is 266 g/mol. The Balaban J connectivity index is 2.34. The normalized spacial score (nSPS) is 9.74. The highest BCUT2D eigenvalue weighted by Crippen LogP contribution is 2.21. The summed E-state index contributed by atoms with van der Waals surface area (Å²) >= 11 is 5.53. The van der Waals surface area contributed by atoms with Crippen LogP contribution in [-0.4, -0.2) is 20.6 Å². The second-order valence-corrected chi connectivity index (χ2v) is 4.04. The molecule has 1 heterocycles. The van der Waals surface area contributed by atoms with Gasteiger partial charge >= 0.3 is 0 Å². The van der Waals surface area contributed by atoms with Crippen molar-refractivity contribution in [2.24, 2.45) is 0 Å². The lowest BCUT2D eigenvalue weighted by atomic mass is 10.2. The molecule has 0 N–H and O–H groups in total. The van der Waals surface area contributed by atoms with Crippen LogP contribution in [0.2, 0.25) is 0 Å². The highest BCUT2D eigenvalue weighted by Gasteiger charge is 2.14. The molecule has 0 unspecified atom stereocenters. The number of nitrogens with zero attached hydrogens (tertiary/aromatic N) is 3. The quantitative estimate of drug-likeness (QED) is 0.374. The van der Waals surface area contributed by atoms with Crippen molar-refractivity contribution in [2.45, 2.75) is 6.42 Å². The van der Waals surface area contributed by atoms with Gasteiger partial charge in [0.15, 0.2) is 0 Å². The number of hydrogen-bond donors (Lipinski definition) is 0. The van der Waals surface area contributed by atoms with Gasteiger partial charge in [-0.1, -0.05) is 24.0 Å². The number of rotatable bonds is 3. The summed E-state index contributed by atoms with van der Waals surface area (Å²) in [6, 6.07) is 6.42. The molecule has 0 radical (unpaired) electrons. The van der Waals surface area contributed by atoms with Gasteiger partial charge in [-0.25, -0.2) is 4.68 Å². The van der Waals surface area contributed by atoms with E-state index in [4.69, 9.17) is 11.6 Å². The number of para-hydroxylation sites is 2. The van der Waals surface area contributed by atoms with Crippen LogP contribution in [0.5, 0.6) is 0 Å². The fraction of sp³-hybridized carbons (Fsp3) is 0.154. The van der Waals surface area contributed by atoms with Gasteiger partial charge in [-0.15, -0.1) is 11.6 Å². The van der Waals surface area contributed by atoms with Crippen molar-refractivity contribution in [2.75, 3.05) is 5.88 Å². The maximum atomic E-state index is 10.9. The molecule has 2 aromatic rings. The Labute approximate surface area is 115 Å². The van der Waals surface area contributed by atoms with E-state index >= 15 is 0 Å². The zero-order valence-electron chi connectivity index (χ0n) is 9.91. The number of alkyl halides is 1. The fourth-order valence-electron chi connectivity index (χ4n) is 1.54. The van der Waals surface area contributed by atoms with E-state index in [1.165, 1.54) is 10.7 Å². The van der Waals surface area contributed by atoms with E-state index in [0.29, 0.717) is 23.6 Å². The maximum Gasteiger partial charge on any atom is 0.294 e. The van der Waals surface area contributed by atoms with Crippen LogP contribution in [0.4, 0.5) is 5.69 Å². The van der Waals surface area contributed by atoms with E-state index < -0.39 is 4.92 Å². The van der Waals surface area contributed by atoms with Crippen LogP contribution in [0.25, 0.3) is 5.69 Å². The average molecular weight is 276 g/mol. The lowest BCUT2D eigenvalue weighted by Gasteiger charge is -2.01. The molecule has 0 atom stereocenters. The Kier molecular flexibility index (Phi) is 4.16. The van der Waals surface area contributed by atoms with Gasteiger partial charge in [0.05, 0.1) is 16.7 Å².